The van der Waals surface area contributed by atoms with Gasteiger partial charge in [-0.25, -0.2) is 0 Å². The Bertz CT molecular complexity index is 530. The van der Waals surface area contributed by atoms with Gasteiger partial charge in [0.15, 0.2) is 0 Å². The Labute approximate surface area is 114 Å². The van der Waals surface area contributed by atoms with Gasteiger partial charge in [0, 0.05) is 37.8 Å². The Morgan fingerprint density at radius 3 is 3.00 bits per heavy atom. The van der Waals surface area contributed by atoms with E-state index in [0.29, 0.717) is 6.61 Å². The van der Waals surface area contributed by atoms with Gasteiger partial charge in [-0.15, -0.1) is 0 Å². The molecule has 0 saturated heterocycles. The molecular weight excluding hydrogens is 238 g/mol. The number of benzene rings is 1. The Morgan fingerprint density at radius 2 is 2.21 bits per heavy atom. The van der Waals surface area contributed by atoms with E-state index in [9.17, 15) is 0 Å². The van der Waals surface area contributed by atoms with Crippen LogP contribution in [0.15, 0.2) is 36.5 Å². The lowest BCUT2D eigenvalue weighted by Crippen LogP contribution is -2.38. The lowest BCUT2D eigenvalue weighted by atomic mass is 10.1. The molecule has 0 bridgehead atoms. The number of ether oxygens (including phenoxy) is 1. The predicted molar refractivity (Wildman–Crippen MR) is 77.9 cm³/mol. The number of nitrogens with zero attached hydrogens (tertiary/aromatic N) is 2. The van der Waals surface area contributed by atoms with Crippen LogP contribution in [0.5, 0.6) is 0 Å². The van der Waals surface area contributed by atoms with Crippen molar-refractivity contribution in [2.24, 2.45) is 5.73 Å². The quantitative estimate of drug-likeness (QED) is 0.857. The molecule has 102 valence electrons. The summed E-state index contributed by atoms with van der Waals surface area (Å²) in [6.45, 7) is 2.28. The third-order valence-electron chi connectivity index (χ3n) is 3.05. The first-order valence-corrected chi connectivity index (χ1v) is 6.46. The zero-order valence-electron chi connectivity index (χ0n) is 11.5. The van der Waals surface area contributed by atoms with E-state index in [0.717, 1.165) is 18.6 Å². The smallest absolute Gasteiger partial charge is 0.0702 e. The zero-order chi connectivity index (χ0) is 13.7. The van der Waals surface area contributed by atoms with Crippen LogP contribution in [-0.4, -0.2) is 43.2 Å². The number of pyridine rings is 1. The molecule has 4 heteroatoms. The maximum atomic E-state index is 5.95. The summed E-state index contributed by atoms with van der Waals surface area (Å²) in [5.41, 5.74) is 8.26. The maximum absolute atomic E-state index is 5.95. The van der Waals surface area contributed by atoms with Crippen molar-refractivity contribution in [3.05, 3.63) is 42.1 Å². The van der Waals surface area contributed by atoms with E-state index in [4.69, 9.17) is 10.5 Å². The summed E-state index contributed by atoms with van der Waals surface area (Å²) >= 11 is 0. The third kappa shape index (κ3) is 3.99. The number of rotatable bonds is 6. The molecule has 2 rings (SSSR count). The minimum Gasteiger partial charge on any atom is -0.383 e. The summed E-state index contributed by atoms with van der Waals surface area (Å²) in [5, 5.41) is 1.18. The number of hydrogen-bond acceptors (Lipinski definition) is 4. The highest BCUT2D eigenvalue weighted by Crippen LogP contribution is 2.14. The van der Waals surface area contributed by atoms with Crippen LogP contribution in [0.1, 0.15) is 5.56 Å². The van der Waals surface area contributed by atoms with E-state index in [1.807, 2.05) is 12.3 Å². The molecule has 2 aromatic rings. The van der Waals surface area contributed by atoms with Crippen LogP contribution in [0.3, 0.4) is 0 Å². The first-order valence-electron chi connectivity index (χ1n) is 6.46. The van der Waals surface area contributed by atoms with Crippen molar-refractivity contribution in [1.82, 2.24) is 9.88 Å². The molecule has 19 heavy (non-hydrogen) atoms. The topological polar surface area (TPSA) is 51.4 Å². The van der Waals surface area contributed by atoms with Crippen LogP contribution in [-0.2, 0) is 11.3 Å². The number of hydrogen-bond donors (Lipinski definition) is 1. The minimum atomic E-state index is 0.0529. The van der Waals surface area contributed by atoms with Crippen molar-refractivity contribution in [3.8, 4) is 0 Å². The fourth-order valence-corrected chi connectivity index (χ4v) is 2.27. The molecule has 0 amide bonds. The molecule has 4 nitrogen and oxygen atoms in total. The van der Waals surface area contributed by atoms with Gasteiger partial charge in [0.05, 0.1) is 12.1 Å². The van der Waals surface area contributed by atoms with Gasteiger partial charge < -0.3 is 15.4 Å². The molecule has 0 radical (unpaired) electrons. The predicted octanol–water partition coefficient (Wildman–Crippen LogP) is 1.64. The summed E-state index contributed by atoms with van der Waals surface area (Å²) in [6.07, 6.45) is 1.82. The van der Waals surface area contributed by atoms with Crippen molar-refractivity contribution in [2.75, 3.05) is 27.3 Å². The molecule has 1 unspecified atom stereocenters. The van der Waals surface area contributed by atoms with Crippen LogP contribution in [0.25, 0.3) is 10.9 Å². The molecule has 0 saturated carbocycles. The fourth-order valence-electron chi connectivity index (χ4n) is 2.27. The van der Waals surface area contributed by atoms with Crippen LogP contribution < -0.4 is 5.73 Å². The molecule has 0 aliphatic heterocycles. The molecule has 2 N–H and O–H groups in total. The SMILES string of the molecule is COCC(N)CN(C)Cc1ccc2ncccc2c1. The van der Waals surface area contributed by atoms with E-state index in [2.05, 4.69) is 41.2 Å². The van der Waals surface area contributed by atoms with Crippen molar-refractivity contribution in [1.29, 1.82) is 0 Å². The van der Waals surface area contributed by atoms with Gasteiger partial charge in [-0.3, -0.25) is 4.98 Å². The van der Waals surface area contributed by atoms with E-state index in [-0.39, 0.29) is 6.04 Å². The second kappa shape index (κ2) is 6.61. The standard InChI is InChI=1S/C15H21N3O/c1-18(10-14(16)11-19-2)9-12-5-6-15-13(8-12)4-3-7-17-15/h3-8,14H,9-11,16H2,1-2H3. The number of nitrogens with two attached hydrogens (primary N) is 1. The molecule has 0 aliphatic rings. The molecule has 1 heterocycles. The Balaban J connectivity index is 2.00. The number of methoxy groups -OCH3 is 1. The molecule has 1 atom stereocenters. The number of fused-ring (bicyclic) bond motifs is 1. The normalized spacial score (nSPS) is 13.1. The van der Waals surface area contributed by atoms with Crippen molar-refractivity contribution in [3.63, 3.8) is 0 Å². The van der Waals surface area contributed by atoms with Crippen LogP contribution in [0.4, 0.5) is 0 Å². The number of aromatic nitrogens is 1. The average molecular weight is 259 g/mol. The van der Waals surface area contributed by atoms with E-state index in [1.54, 1.807) is 7.11 Å². The summed E-state index contributed by atoms with van der Waals surface area (Å²) in [6, 6.07) is 10.5. The number of likely N-dealkylation sites (N-methyl/N-ethyl adjacent to an activating group) is 1. The summed E-state index contributed by atoms with van der Waals surface area (Å²) in [5.74, 6) is 0. The highest BCUT2D eigenvalue weighted by atomic mass is 16.5. The van der Waals surface area contributed by atoms with Gasteiger partial charge >= 0.3 is 0 Å². The second-order valence-electron chi connectivity index (χ2n) is 4.94. The van der Waals surface area contributed by atoms with Gasteiger partial charge in [0.2, 0.25) is 0 Å². The van der Waals surface area contributed by atoms with Gasteiger partial charge in [-0.1, -0.05) is 12.1 Å². The molecule has 0 spiro atoms. The summed E-state index contributed by atoms with van der Waals surface area (Å²) < 4.78 is 5.05. The van der Waals surface area contributed by atoms with Gasteiger partial charge in [0.1, 0.15) is 0 Å². The maximum Gasteiger partial charge on any atom is 0.0702 e. The van der Waals surface area contributed by atoms with E-state index >= 15 is 0 Å². The highest BCUT2D eigenvalue weighted by Gasteiger charge is 2.07. The molecule has 0 aliphatic carbocycles. The first kappa shape index (κ1) is 13.9. The van der Waals surface area contributed by atoms with Gasteiger partial charge in [-0.2, -0.15) is 0 Å². The van der Waals surface area contributed by atoms with Crippen molar-refractivity contribution >= 4 is 10.9 Å². The monoisotopic (exact) mass is 259 g/mol. The molecule has 0 fully saturated rings. The summed E-state index contributed by atoms with van der Waals surface area (Å²) in [4.78, 5) is 6.53. The van der Waals surface area contributed by atoms with Crippen LogP contribution in [0.2, 0.25) is 0 Å². The van der Waals surface area contributed by atoms with E-state index in [1.165, 1.54) is 10.9 Å². The average Bonchev–Trinajstić information content (AvgIpc) is 2.38. The molecule has 1 aromatic carbocycles. The zero-order valence-corrected chi connectivity index (χ0v) is 11.5. The Kier molecular flexibility index (Phi) is 4.85. The minimum absolute atomic E-state index is 0.0529. The largest absolute Gasteiger partial charge is 0.383 e. The van der Waals surface area contributed by atoms with Crippen molar-refractivity contribution in [2.45, 2.75) is 12.6 Å². The molecule has 1 aromatic heterocycles. The Morgan fingerprint density at radius 1 is 1.37 bits per heavy atom. The first-order chi connectivity index (χ1) is 9.19. The summed E-state index contributed by atoms with van der Waals surface area (Å²) in [7, 11) is 3.75. The molecular formula is C15H21N3O. The fraction of sp³-hybridized carbons (Fsp3) is 0.400. The van der Waals surface area contributed by atoms with Crippen LogP contribution >= 0.6 is 0 Å². The van der Waals surface area contributed by atoms with E-state index < -0.39 is 0 Å². The Hall–Kier alpha value is -1.49. The lowest BCUT2D eigenvalue weighted by molar-refractivity contribution is 0.160. The lowest BCUT2D eigenvalue weighted by Gasteiger charge is -2.21. The third-order valence-corrected chi connectivity index (χ3v) is 3.05. The van der Waals surface area contributed by atoms with Gasteiger partial charge in [-0.05, 0) is 30.8 Å². The van der Waals surface area contributed by atoms with Gasteiger partial charge in [0.25, 0.3) is 0 Å². The highest BCUT2D eigenvalue weighted by molar-refractivity contribution is 5.78. The van der Waals surface area contributed by atoms with Crippen molar-refractivity contribution < 1.29 is 4.74 Å². The second-order valence-corrected chi connectivity index (χ2v) is 4.94. The van der Waals surface area contributed by atoms with Crippen LogP contribution in [0, 0.1) is 0 Å².